The van der Waals surface area contributed by atoms with Gasteiger partial charge in [-0.2, -0.15) is 0 Å². The number of pyridine rings is 1. The summed E-state index contributed by atoms with van der Waals surface area (Å²) < 4.78 is 5.46. The molecule has 32 heavy (non-hydrogen) atoms. The molecule has 2 N–H and O–H groups in total. The van der Waals surface area contributed by atoms with Gasteiger partial charge in [-0.05, 0) is 43.0 Å². The first-order valence-electron chi connectivity index (χ1n) is 10.8. The van der Waals surface area contributed by atoms with E-state index in [2.05, 4.69) is 32.5 Å². The highest BCUT2D eigenvalue weighted by molar-refractivity contribution is 6.29. The molecule has 170 valence electrons. The molecule has 1 atom stereocenters. The largest absolute Gasteiger partial charge is 0.449 e. The molecule has 0 aromatic carbocycles. The average molecular weight is 459 g/mol. The van der Waals surface area contributed by atoms with Crippen LogP contribution in [0.4, 0.5) is 4.79 Å². The lowest BCUT2D eigenvalue weighted by molar-refractivity contribution is 0.0767. The number of amides is 2. The van der Waals surface area contributed by atoms with Crippen LogP contribution in [0.1, 0.15) is 54.7 Å². The number of halogens is 1. The van der Waals surface area contributed by atoms with Gasteiger partial charge < -0.3 is 20.3 Å². The van der Waals surface area contributed by atoms with Crippen molar-refractivity contribution < 1.29 is 14.3 Å². The number of rotatable bonds is 6. The number of carbonyl (C=O) groups is 2. The molecule has 1 aliphatic heterocycles. The summed E-state index contributed by atoms with van der Waals surface area (Å²) in [4.78, 5) is 39.0. The van der Waals surface area contributed by atoms with Crippen molar-refractivity contribution in [2.24, 2.45) is 0 Å². The topological polar surface area (TPSA) is 109 Å². The zero-order valence-corrected chi connectivity index (χ0v) is 19.0. The van der Waals surface area contributed by atoms with Crippen molar-refractivity contribution in [3.8, 4) is 11.4 Å². The lowest BCUT2D eigenvalue weighted by Gasteiger charge is -2.39. The first kappa shape index (κ1) is 22.4. The maximum absolute atomic E-state index is 12.6. The monoisotopic (exact) mass is 458 g/mol. The quantitative estimate of drug-likeness (QED) is 0.505. The molecular weight excluding hydrogens is 432 g/mol. The molecule has 0 bridgehead atoms. The zero-order chi connectivity index (χ0) is 22.7. The number of aromatic nitrogens is 3. The number of hydrogen-bond acceptors (Lipinski definition) is 7. The fourth-order valence-corrected chi connectivity index (χ4v) is 4.10. The highest BCUT2D eigenvalue weighted by Crippen LogP contribution is 2.42. The van der Waals surface area contributed by atoms with E-state index in [0.717, 1.165) is 31.2 Å². The molecule has 10 heteroatoms. The molecule has 9 nitrogen and oxygen atoms in total. The van der Waals surface area contributed by atoms with Gasteiger partial charge in [0, 0.05) is 25.7 Å². The van der Waals surface area contributed by atoms with Crippen molar-refractivity contribution in [3.63, 3.8) is 0 Å². The van der Waals surface area contributed by atoms with Gasteiger partial charge >= 0.3 is 6.09 Å². The fraction of sp³-hybridized carbons (Fsp3) is 0.500. The SMILES string of the molecule is CCCCOC(=O)N1CC(c2cc(Cl)nc(-c3cc(C(=O)NC)ncn3)c2)NC2(CC2)C1. The number of nitrogens with one attached hydrogen (secondary N) is 2. The second-order valence-electron chi connectivity index (χ2n) is 8.30. The standard InChI is InChI=1S/C22H27ClN6O3/c1-3-4-7-32-21(31)29-11-18(28-22(12-29)5-6-22)14-8-16(27-19(23)9-14)15-10-17(20(30)24-2)26-13-25-15/h8-10,13,18,28H,3-7,11-12H2,1-2H3,(H,24,30). The van der Waals surface area contributed by atoms with Crippen molar-refractivity contribution in [2.45, 2.75) is 44.2 Å². The van der Waals surface area contributed by atoms with E-state index in [0.29, 0.717) is 36.2 Å². The second-order valence-corrected chi connectivity index (χ2v) is 8.69. The van der Waals surface area contributed by atoms with Crippen molar-refractivity contribution in [3.05, 3.63) is 40.9 Å². The molecule has 2 aliphatic rings. The van der Waals surface area contributed by atoms with Gasteiger partial charge in [-0.25, -0.2) is 19.7 Å². The number of piperazine rings is 1. The fourth-order valence-electron chi connectivity index (χ4n) is 3.89. The number of hydrogen-bond donors (Lipinski definition) is 2. The van der Waals surface area contributed by atoms with E-state index in [-0.39, 0.29) is 29.3 Å². The summed E-state index contributed by atoms with van der Waals surface area (Å²) in [5, 5.41) is 6.55. The van der Waals surface area contributed by atoms with Gasteiger partial charge in [-0.15, -0.1) is 0 Å². The van der Waals surface area contributed by atoms with Crippen LogP contribution in [0.3, 0.4) is 0 Å². The van der Waals surface area contributed by atoms with Crippen LogP contribution in [-0.4, -0.2) is 64.1 Å². The van der Waals surface area contributed by atoms with Crippen molar-refractivity contribution in [1.82, 2.24) is 30.5 Å². The Morgan fingerprint density at radius 2 is 2.09 bits per heavy atom. The molecule has 2 amide bonds. The van der Waals surface area contributed by atoms with Gasteiger partial charge in [0.15, 0.2) is 0 Å². The molecule has 2 fully saturated rings. The number of nitrogens with zero attached hydrogens (tertiary/aromatic N) is 4. The summed E-state index contributed by atoms with van der Waals surface area (Å²) in [6.45, 7) is 3.61. The van der Waals surface area contributed by atoms with E-state index in [1.54, 1.807) is 24.1 Å². The summed E-state index contributed by atoms with van der Waals surface area (Å²) in [6.07, 6.45) is 4.90. The Hall–Kier alpha value is -2.78. The van der Waals surface area contributed by atoms with E-state index in [1.807, 2.05) is 6.07 Å². The van der Waals surface area contributed by atoms with Crippen LogP contribution in [0.15, 0.2) is 24.5 Å². The number of unbranched alkanes of at least 4 members (excludes halogenated alkanes) is 1. The van der Waals surface area contributed by atoms with Gasteiger partial charge in [0.1, 0.15) is 17.2 Å². The van der Waals surface area contributed by atoms with Gasteiger partial charge in [0.25, 0.3) is 5.91 Å². The third-order valence-electron chi connectivity index (χ3n) is 5.82. The minimum Gasteiger partial charge on any atom is -0.449 e. The van der Waals surface area contributed by atoms with Crippen LogP contribution in [-0.2, 0) is 4.74 Å². The van der Waals surface area contributed by atoms with Crippen LogP contribution in [0.2, 0.25) is 5.15 Å². The Bertz CT molecular complexity index is 1010. The third kappa shape index (κ3) is 4.99. The molecule has 1 unspecified atom stereocenters. The molecule has 1 saturated carbocycles. The molecule has 4 rings (SSSR count). The lowest BCUT2D eigenvalue weighted by Crippen LogP contribution is -2.55. The maximum atomic E-state index is 12.6. The maximum Gasteiger partial charge on any atom is 0.409 e. The predicted molar refractivity (Wildman–Crippen MR) is 119 cm³/mol. The van der Waals surface area contributed by atoms with Crippen molar-refractivity contribution in [1.29, 1.82) is 0 Å². The van der Waals surface area contributed by atoms with Crippen LogP contribution in [0.25, 0.3) is 11.4 Å². The number of carbonyl (C=O) groups excluding carboxylic acids is 2. The minimum absolute atomic E-state index is 0.0795. The van der Waals surface area contributed by atoms with E-state index in [9.17, 15) is 9.59 Å². The molecule has 3 heterocycles. The molecule has 1 spiro atoms. The van der Waals surface area contributed by atoms with Gasteiger partial charge in [-0.1, -0.05) is 24.9 Å². The summed E-state index contributed by atoms with van der Waals surface area (Å²) in [5.74, 6) is -0.308. The lowest BCUT2D eigenvalue weighted by atomic mass is 10.0. The average Bonchev–Trinajstić information content (AvgIpc) is 3.55. The van der Waals surface area contributed by atoms with Crippen LogP contribution in [0.5, 0.6) is 0 Å². The van der Waals surface area contributed by atoms with E-state index in [4.69, 9.17) is 16.3 Å². The van der Waals surface area contributed by atoms with E-state index < -0.39 is 0 Å². The molecular formula is C22H27ClN6O3. The molecule has 1 aliphatic carbocycles. The Labute approximate surface area is 191 Å². The summed E-state index contributed by atoms with van der Waals surface area (Å²) in [6, 6.07) is 5.15. The van der Waals surface area contributed by atoms with Crippen LogP contribution < -0.4 is 10.6 Å². The first-order valence-corrected chi connectivity index (χ1v) is 11.2. The van der Waals surface area contributed by atoms with Crippen molar-refractivity contribution in [2.75, 3.05) is 26.7 Å². The second kappa shape index (κ2) is 9.38. The summed E-state index contributed by atoms with van der Waals surface area (Å²) >= 11 is 6.35. The highest BCUT2D eigenvalue weighted by atomic mass is 35.5. The van der Waals surface area contributed by atoms with E-state index in [1.165, 1.54) is 6.33 Å². The number of ether oxygens (including phenoxy) is 1. The van der Waals surface area contributed by atoms with Crippen LogP contribution >= 0.6 is 11.6 Å². The van der Waals surface area contributed by atoms with Crippen molar-refractivity contribution >= 4 is 23.6 Å². The molecule has 0 radical (unpaired) electrons. The zero-order valence-electron chi connectivity index (χ0n) is 18.2. The molecule has 2 aromatic rings. The van der Waals surface area contributed by atoms with Crippen LogP contribution in [0, 0.1) is 0 Å². The highest BCUT2D eigenvalue weighted by Gasteiger charge is 2.50. The minimum atomic E-state index is -0.308. The van der Waals surface area contributed by atoms with Gasteiger partial charge in [-0.3, -0.25) is 4.79 Å². The Morgan fingerprint density at radius 1 is 1.28 bits per heavy atom. The molecule has 1 saturated heterocycles. The summed E-state index contributed by atoms with van der Waals surface area (Å²) in [7, 11) is 1.54. The van der Waals surface area contributed by atoms with Gasteiger partial charge in [0.2, 0.25) is 0 Å². The molecule has 2 aromatic heterocycles. The Balaban J connectivity index is 1.59. The predicted octanol–water partition coefficient (Wildman–Crippen LogP) is 2.97. The van der Waals surface area contributed by atoms with E-state index >= 15 is 0 Å². The van der Waals surface area contributed by atoms with Gasteiger partial charge in [0.05, 0.1) is 24.0 Å². The normalized spacial score (nSPS) is 19.0. The first-order chi connectivity index (χ1) is 15.4. The Morgan fingerprint density at radius 3 is 2.81 bits per heavy atom. The Kier molecular flexibility index (Phi) is 6.57. The summed E-state index contributed by atoms with van der Waals surface area (Å²) in [5.41, 5.74) is 2.10. The smallest absolute Gasteiger partial charge is 0.409 e. The third-order valence-corrected chi connectivity index (χ3v) is 6.01.